The Balaban J connectivity index is 1.88. The molecule has 2 N–H and O–H groups in total. The average Bonchev–Trinajstić information content (AvgIpc) is 3.22. The number of aliphatic hydroxyl groups is 1. The first-order valence-electron chi connectivity index (χ1n) is 9.76. The summed E-state index contributed by atoms with van der Waals surface area (Å²) in [6.45, 7) is 7.47. The molecule has 160 valence electrons. The Morgan fingerprint density at radius 1 is 1.34 bits per heavy atom. The van der Waals surface area contributed by atoms with Crippen LogP contribution in [0.4, 0.5) is 5.82 Å². The van der Waals surface area contributed by atoms with Gasteiger partial charge in [-0.15, -0.1) is 0 Å². The molecule has 7 nitrogen and oxygen atoms in total. The van der Waals surface area contributed by atoms with E-state index in [0.29, 0.717) is 28.5 Å². The van der Waals surface area contributed by atoms with E-state index in [1.54, 1.807) is 25.1 Å². The number of piperidine rings is 1. The lowest BCUT2D eigenvalue weighted by Gasteiger charge is -2.45. The largest absolute Gasteiger partial charge is 0.468 e. The minimum Gasteiger partial charge on any atom is -0.468 e. The van der Waals surface area contributed by atoms with Crippen molar-refractivity contribution in [1.29, 1.82) is 0 Å². The maximum Gasteiger partial charge on any atom is 0.259 e. The van der Waals surface area contributed by atoms with Crippen molar-refractivity contribution in [3.8, 4) is 0 Å². The molecule has 3 heterocycles. The van der Waals surface area contributed by atoms with Crippen molar-refractivity contribution in [3.05, 3.63) is 40.8 Å². The molecule has 2 unspecified atom stereocenters. The van der Waals surface area contributed by atoms with Gasteiger partial charge in [0.2, 0.25) is 0 Å². The second-order valence-corrected chi connectivity index (χ2v) is 10.5. The van der Waals surface area contributed by atoms with Gasteiger partial charge in [-0.25, -0.2) is 13.4 Å². The maximum absolute atomic E-state index is 13.0. The SMILES string of the molecule is CC(NS(=O)(=O)c1nc(N2CCCC(CO)(C(C)C)C2)ccc1Br)c1ccco1. The number of halogens is 1. The fourth-order valence-electron chi connectivity index (χ4n) is 3.80. The molecule has 2 atom stereocenters. The first-order valence-corrected chi connectivity index (χ1v) is 12.0. The van der Waals surface area contributed by atoms with Crippen molar-refractivity contribution in [3.63, 3.8) is 0 Å². The van der Waals surface area contributed by atoms with Gasteiger partial charge in [-0.1, -0.05) is 13.8 Å². The third-order valence-corrected chi connectivity index (χ3v) is 8.21. The third-order valence-electron chi connectivity index (χ3n) is 5.83. The predicted molar refractivity (Wildman–Crippen MR) is 115 cm³/mol. The van der Waals surface area contributed by atoms with E-state index in [4.69, 9.17) is 4.42 Å². The predicted octanol–water partition coefficient (Wildman–Crippen LogP) is 3.71. The Bertz CT molecular complexity index is 933. The van der Waals surface area contributed by atoms with E-state index in [1.807, 2.05) is 6.07 Å². The van der Waals surface area contributed by atoms with Crippen LogP contribution in [-0.4, -0.2) is 38.2 Å². The molecule has 3 rings (SSSR count). The minimum absolute atomic E-state index is 0.0573. The molecule has 1 aliphatic heterocycles. The summed E-state index contributed by atoms with van der Waals surface area (Å²) >= 11 is 3.32. The lowest BCUT2D eigenvalue weighted by Crippen LogP contribution is -2.48. The summed E-state index contributed by atoms with van der Waals surface area (Å²) in [5.74, 6) is 1.43. The molecule has 9 heteroatoms. The number of sulfonamides is 1. The number of aromatic nitrogens is 1. The van der Waals surface area contributed by atoms with Gasteiger partial charge in [0.15, 0.2) is 5.03 Å². The van der Waals surface area contributed by atoms with E-state index < -0.39 is 16.1 Å². The van der Waals surface area contributed by atoms with Crippen LogP contribution in [0.3, 0.4) is 0 Å². The van der Waals surface area contributed by atoms with Gasteiger partial charge in [-0.05, 0) is 65.9 Å². The summed E-state index contributed by atoms with van der Waals surface area (Å²) in [6.07, 6.45) is 3.38. The van der Waals surface area contributed by atoms with Crippen molar-refractivity contribution >= 4 is 31.8 Å². The van der Waals surface area contributed by atoms with E-state index in [1.165, 1.54) is 6.26 Å². The normalized spacial score (nSPS) is 21.5. The quantitative estimate of drug-likeness (QED) is 0.620. The number of furan rings is 1. The standard InChI is InChI=1S/C20H28BrN3O4S/c1-14(2)20(13-25)9-5-10-24(12-20)18-8-7-16(21)19(22-18)29(26,27)23-15(3)17-6-4-11-28-17/h4,6-8,11,14-15,23,25H,5,9-10,12-13H2,1-3H3. The highest BCUT2D eigenvalue weighted by atomic mass is 79.9. The van der Waals surface area contributed by atoms with Gasteiger partial charge in [0, 0.05) is 18.5 Å². The molecule has 0 aliphatic carbocycles. The first-order chi connectivity index (χ1) is 13.7. The molecule has 0 aromatic carbocycles. The van der Waals surface area contributed by atoms with Crippen LogP contribution >= 0.6 is 15.9 Å². The van der Waals surface area contributed by atoms with Crippen LogP contribution in [0.15, 0.2) is 44.4 Å². The minimum atomic E-state index is -3.87. The van der Waals surface area contributed by atoms with Gasteiger partial charge < -0.3 is 14.4 Å². The summed E-state index contributed by atoms with van der Waals surface area (Å²) in [5, 5.41) is 9.97. The topological polar surface area (TPSA) is 95.7 Å². The Kier molecular flexibility index (Phi) is 6.72. The third kappa shape index (κ3) is 4.68. The molecule has 0 radical (unpaired) electrons. The van der Waals surface area contributed by atoms with Crippen molar-refractivity contribution in [1.82, 2.24) is 9.71 Å². The van der Waals surface area contributed by atoms with E-state index in [-0.39, 0.29) is 17.0 Å². The first kappa shape index (κ1) is 22.3. The highest BCUT2D eigenvalue weighted by molar-refractivity contribution is 9.10. The summed E-state index contributed by atoms with van der Waals surface area (Å²) in [4.78, 5) is 6.55. The number of nitrogens with one attached hydrogen (secondary N) is 1. The zero-order valence-electron chi connectivity index (χ0n) is 16.9. The number of aliphatic hydroxyl groups excluding tert-OH is 1. The highest BCUT2D eigenvalue weighted by Crippen LogP contribution is 2.38. The number of pyridine rings is 1. The second kappa shape index (κ2) is 8.75. The van der Waals surface area contributed by atoms with Crippen LogP contribution < -0.4 is 9.62 Å². The molecular weight excluding hydrogens is 458 g/mol. The number of hydrogen-bond donors (Lipinski definition) is 2. The van der Waals surface area contributed by atoms with Crippen molar-refractivity contribution in [2.45, 2.75) is 44.7 Å². The summed E-state index contributed by atoms with van der Waals surface area (Å²) in [7, 11) is -3.87. The molecular formula is C20H28BrN3O4S. The maximum atomic E-state index is 13.0. The highest BCUT2D eigenvalue weighted by Gasteiger charge is 2.38. The second-order valence-electron chi connectivity index (χ2n) is 8.02. The number of rotatable bonds is 7. The van der Waals surface area contributed by atoms with Crippen molar-refractivity contribution < 1.29 is 17.9 Å². The van der Waals surface area contributed by atoms with Gasteiger partial charge in [0.25, 0.3) is 10.0 Å². The molecule has 0 spiro atoms. The molecule has 2 aromatic rings. The summed E-state index contributed by atoms with van der Waals surface area (Å²) in [6, 6.07) is 6.44. The molecule has 2 aromatic heterocycles. The monoisotopic (exact) mass is 485 g/mol. The molecule has 0 bridgehead atoms. The van der Waals surface area contributed by atoms with Gasteiger partial charge >= 0.3 is 0 Å². The average molecular weight is 486 g/mol. The Morgan fingerprint density at radius 2 is 2.10 bits per heavy atom. The summed E-state index contributed by atoms with van der Waals surface area (Å²) < 4.78 is 34.3. The number of anilines is 1. The number of hydrogen-bond acceptors (Lipinski definition) is 6. The van der Waals surface area contributed by atoms with E-state index >= 15 is 0 Å². The zero-order valence-corrected chi connectivity index (χ0v) is 19.3. The molecule has 1 saturated heterocycles. The lowest BCUT2D eigenvalue weighted by molar-refractivity contribution is 0.0598. The zero-order chi connectivity index (χ0) is 21.2. The Hall–Kier alpha value is -1.42. The van der Waals surface area contributed by atoms with Crippen LogP contribution in [-0.2, 0) is 10.0 Å². The van der Waals surface area contributed by atoms with E-state index in [2.05, 4.69) is 44.4 Å². The molecule has 1 fully saturated rings. The van der Waals surface area contributed by atoms with Gasteiger partial charge in [-0.2, -0.15) is 4.72 Å². The molecule has 0 amide bonds. The van der Waals surface area contributed by atoms with Gasteiger partial charge in [0.1, 0.15) is 11.6 Å². The lowest BCUT2D eigenvalue weighted by atomic mass is 9.72. The van der Waals surface area contributed by atoms with Crippen LogP contribution in [0.2, 0.25) is 0 Å². The van der Waals surface area contributed by atoms with Crippen LogP contribution in [0.1, 0.15) is 45.4 Å². The van der Waals surface area contributed by atoms with Crippen LogP contribution in [0.25, 0.3) is 0 Å². The Labute approximate surface area is 180 Å². The van der Waals surface area contributed by atoms with E-state index in [9.17, 15) is 13.5 Å². The fraction of sp³-hybridized carbons (Fsp3) is 0.550. The van der Waals surface area contributed by atoms with Gasteiger partial charge in [0.05, 0.1) is 23.4 Å². The van der Waals surface area contributed by atoms with Crippen molar-refractivity contribution in [2.24, 2.45) is 11.3 Å². The van der Waals surface area contributed by atoms with Gasteiger partial charge in [-0.3, -0.25) is 0 Å². The van der Waals surface area contributed by atoms with Crippen molar-refractivity contribution in [2.75, 3.05) is 24.6 Å². The smallest absolute Gasteiger partial charge is 0.259 e. The molecule has 0 saturated carbocycles. The summed E-state index contributed by atoms with van der Waals surface area (Å²) in [5.41, 5.74) is -0.210. The number of nitrogens with zero attached hydrogens (tertiary/aromatic N) is 2. The molecule has 1 aliphatic rings. The molecule has 29 heavy (non-hydrogen) atoms. The Morgan fingerprint density at radius 3 is 2.72 bits per heavy atom. The fourth-order valence-corrected chi connectivity index (χ4v) is 5.89. The van der Waals surface area contributed by atoms with Crippen LogP contribution in [0, 0.1) is 11.3 Å². The van der Waals surface area contributed by atoms with E-state index in [0.717, 1.165) is 19.4 Å². The van der Waals surface area contributed by atoms with Crippen LogP contribution in [0.5, 0.6) is 0 Å².